The van der Waals surface area contributed by atoms with E-state index < -0.39 is 0 Å². The van der Waals surface area contributed by atoms with E-state index in [-0.39, 0.29) is 0 Å². The molecule has 1 aromatic carbocycles. The van der Waals surface area contributed by atoms with E-state index in [1.807, 2.05) is 12.1 Å². The second-order valence-corrected chi connectivity index (χ2v) is 5.52. The minimum Gasteiger partial charge on any atom is -0.383 e. The predicted octanol–water partition coefficient (Wildman–Crippen LogP) is 4.17. The van der Waals surface area contributed by atoms with Gasteiger partial charge in [0.15, 0.2) is 0 Å². The van der Waals surface area contributed by atoms with Gasteiger partial charge in [0.25, 0.3) is 0 Å². The maximum Gasteiger partial charge on any atom is 0.0597 e. The van der Waals surface area contributed by atoms with Gasteiger partial charge >= 0.3 is 0 Å². The SMILES string of the molecule is CN(C)c1ccc(Cl)cc1NCC1CC=CCC1. The molecule has 0 spiro atoms. The Morgan fingerprint density at radius 3 is 2.83 bits per heavy atom. The van der Waals surface area contributed by atoms with Gasteiger partial charge in [-0.05, 0) is 43.4 Å². The molecule has 1 atom stereocenters. The smallest absolute Gasteiger partial charge is 0.0597 e. The Hall–Kier alpha value is -1.15. The first-order chi connectivity index (χ1) is 8.66. The number of nitrogens with one attached hydrogen (secondary N) is 1. The van der Waals surface area contributed by atoms with Crippen LogP contribution in [0.1, 0.15) is 19.3 Å². The topological polar surface area (TPSA) is 15.3 Å². The standard InChI is InChI=1S/C15H21ClN2/c1-18(2)15-9-8-13(16)10-14(15)17-11-12-6-4-3-5-7-12/h3-4,8-10,12,17H,5-7,11H2,1-2H3. The Morgan fingerprint density at radius 2 is 2.17 bits per heavy atom. The Bertz CT molecular complexity index is 427. The van der Waals surface area contributed by atoms with Gasteiger partial charge in [0.05, 0.1) is 11.4 Å². The van der Waals surface area contributed by atoms with Gasteiger partial charge in [0.2, 0.25) is 0 Å². The molecule has 0 amide bonds. The Labute approximate surface area is 115 Å². The maximum absolute atomic E-state index is 6.07. The minimum atomic E-state index is 0.740. The van der Waals surface area contributed by atoms with Crippen LogP contribution in [-0.4, -0.2) is 20.6 Å². The first-order valence-corrected chi connectivity index (χ1v) is 6.90. The van der Waals surface area contributed by atoms with E-state index in [9.17, 15) is 0 Å². The highest BCUT2D eigenvalue weighted by molar-refractivity contribution is 6.31. The summed E-state index contributed by atoms with van der Waals surface area (Å²) in [6.07, 6.45) is 8.25. The molecule has 0 heterocycles. The van der Waals surface area contributed by atoms with Gasteiger partial charge < -0.3 is 10.2 Å². The summed E-state index contributed by atoms with van der Waals surface area (Å²) < 4.78 is 0. The largest absolute Gasteiger partial charge is 0.383 e. The second-order valence-electron chi connectivity index (χ2n) is 5.09. The molecule has 98 valence electrons. The van der Waals surface area contributed by atoms with Crippen LogP contribution in [-0.2, 0) is 0 Å². The molecule has 1 aliphatic rings. The van der Waals surface area contributed by atoms with Crippen molar-refractivity contribution in [1.82, 2.24) is 0 Å². The Morgan fingerprint density at radius 1 is 1.33 bits per heavy atom. The van der Waals surface area contributed by atoms with Crippen LogP contribution in [0.5, 0.6) is 0 Å². The van der Waals surface area contributed by atoms with Crippen molar-refractivity contribution >= 4 is 23.0 Å². The van der Waals surface area contributed by atoms with E-state index in [4.69, 9.17) is 11.6 Å². The molecular formula is C15H21ClN2. The van der Waals surface area contributed by atoms with Crippen molar-refractivity contribution in [2.75, 3.05) is 30.9 Å². The molecule has 0 saturated carbocycles. The summed E-state index contributed by atoms with van der Waals surface area (Å²) in [5.41, 5.74) is 2.31. The van der Waals surface area contributed by atoms with Crippen molar-refractivity contribution < 1.29 is 0 Å². The monoisotopic (exact) mass is 264 g/mol. The van der Waals surface area contributed by atoms with Crippen molar-refractivity contribution in [2.45, 2.75) is 19.3 Å². The quantitative estimate of drug-likeness (QED) is 0.821. The molecular weight excluding hydrogens is 244 g/mol. The van der Waals surface area contributed by atoms with Crippen LogP contribution in [0.2, 0.25) is 5.02 Å². The molecule has 1 unspecified atom stereocenters. The number of halogens is 1. The summed E-state index contributed by atoms with van der Waals surface area (Å²) in [6.45, 7) is 1.02. The normalized spacial score (nSPS) is 18.7. The molecule has 2 nitrogen and oxygen atoms in total. The third kappa shape index (κ3) is 3.42. The summed E-state index contributed by atoms with van der Waals surface area (Å²) in [4.78, 5) is 2.11. The van der Waals surface area contributed by atoms with Gasteiger partial charge in [-0.15, -0.1) is 0 Å². The number of benzene rings is 1. The highest BCUT2D eigenvalue weighted by Gasteiger charge is 2.11. The third-order valence-corrected chi connectivity index (χ3v) is 3.63. The highest BCUT2D eigenvalue weighted by Crippen LogP contribution is 2.28. The lowest BCUT2D eigenvalue weighted by molar-refractivity contribution is 0.504. The lowest BCUT2D eigenvalue weighted by atomic mass is 9.94. The number of nitrogens with zero attached hydrogens (tertiary/aromatic N) is 1. The van der Waals surface area contributed by atoms with Crippen molar-refractivity contribution in [1.29, 1.82) is 0 Å². The average molecular weight is 265 g/mol. The van der Waals surface area contributed by atoms with Crippen molar-refractivity contribution in [3.63, 3.8) is 0 Å². The molecule has 0 saturated heterocycles. The highest BCUT2D eigenvalue weighted by atomic mass is 35.5. The minimum absolute atomic E-state index is 0.740. The molecule has 0 fully saturated rings. The Kier molecular flexibility index (Phi) is 4.54. The number of anilines is 2. The van der Waals surface area contributed by atoms with E-state index in [1.54, 1.807) is 0 Å². The van der Waals surface area contributed by atoms with Gasteiger partial charge in [-0.2, -0.15) is 0 Å². The molecule has 1 aliphatic carbocycles. The van der Waals surface area contributed by atoms with Crippen LogP contribution < -0.4 is 10.2 Å². The van der Waals surface area contributed by atoms with Crippen molar-refractivity contribution in [3.05, 3.63) is 35.4 Å². The predicted molar refractivity (Wildman–Crippen MR) is 80.7 cm³/mol. The van der Waals surface area contributed by atoms with E-state index >= 15 is 0 Å². The van der Waals surface area contributed by atoms with Gasteiger partial charge in [0, 0.05) is 25.7 Å². The van der Waals surface area contributed by atoms with Crippen LogP contribution >= 0.6 is 11.6 Å². The first-order valence-electron chi connectivity index (χ1n) is 6.52. The van der Waals surface area contributed by atoms with Crippen molar-refractivity contribution in [2.24, 2.45) is 5.92 Å². The molecule has 0 aromatic heterocycles. The second kappa shape index (κ2) is 6.14. The summed E-state index contributed by atoms with van der Waals surface area (Å²) in [6, 6.07) is 6.01. The molecule has 2 rings (SSSR count). The zero-order valence-corrected chi connectivity index (χ0v) is 11.9. The molecule has 1 N–H and O–H groups in total. The molecule has 0 radical (unpaired) electrons. The average Bonchev–Trinajstić information content (AvgIpc) is 2.37. The number of hydrogen-bond donors (Lipinski definition) is 1. The van der Waals surface area contributed by atoms with E-state index in [1.165, 1.54) is 24.9 Å². The Balaban J connectivity index is 2.03. The zero-order valence-electron chi connectivity index (χ0n) is 11.1. The van der Waals surface area contributed by atoms with Crippen molar-refractivity contribution in [3.8, 4) is 0 Å². The van der Waals surface area contributed by atoms with E-state index in [0.717, 1.165) is 23.2 Å². The van der Waals surface area contributed by atoms with Gasteiger partial charge in [-0.25, -0.2) is 0 Å². The fourth-order valence-electron chi connectivity index (χ4n) is 2.34. The van der Waals surface area contributed by atoms with E-state index in [0.29, 0.717) is 0 Å². The summed E-state index contributed by atoms with van der Waals surface area (Å²) >= 11 is 6.07. The summed E-state index contributed by atoms with van der Waals surface area (Å²) in [7, 11) is 4.11. The van der Waals surface area contributed by atoms with Gasteiger partial charge in [0.1, 0.15) is 0 Å². The lowest BCUT2D eigenvalue weighted by Crippen LogP contribution is -2.18. The van der Waals surface area contributed by atoms with Gasteiger partial charge in [-0.1, -0.05) is 23.8 Å². The van der Waals surface area contributed by atoms with Crippen LogP contribution in [0.15, 0.2) is 30.4 Å². The zero-order chi connectivity index (χ0) is 13.0. The molecule has 3 heteroatoms. The summed E-state index contributed by atoms with van der Waals surface area (Å²) in [5, 5.41) is 4.33. The fourth-order valence-corrected chi connectivity index (χ4v) is 2.51. The maximum atomic E-state index is 6.07. The van der Waals surface area contributed by atoms with Crippen LogP contribution in [0.25, 0.3) is 0 Å². The molecule has 0 bridgehead atoms. The van der Waals surface area contributed by atoms with Crippen LogP contribution in [0.4, 0.5) is 11.4 Å². The van der Waals surface area contributed by atoms with E-state index in [2.05, 4.69) is 42.5 Å². The molecule has 0 aliphatic heterocycles. The molecule has 18 heavy (non-hydrogen) atoms. The molecule has 1 aromatic rings. The first kappa shape index (κ1) is 13.3. The van der Waals surface area contributed by atoms with Crippen LogP contribution in [0, 0.1) is 5.92 Å². The van der Waals surface area contributed by atoms with Gasteiger partial charge in [-0.3, -0.25) is 0 Å². The summed E-state index contributed by atoms with van der Waals surface area (Å²) in [5.74, 6) is 0.740. The van der Waals surface area contributed by atoms with Crippen LogP contribution in [0.3, 0.4) is 0 Å². The number of hydrogen-bond acceptors (Lipinski definition) is 2. The third-order valence-electron chi connectivity index (χ3n) is 3.40. The lowest BCUT2D eigenvalue weighted by Gasteiger charge is -2.22. The number of rotatable bonds is 4. The number of allylic oxidation sites excluding steroid dienone is 2. The fraction of sp³-hybridized carbons (Fsp3) is 0.467.